The highest BCUT2D eigenvalue weighted by Gasteiger charge is 2.21. The van der Waals surface area contributed by atoms with Crippen LogP contribution in [0.2, 0.25) is 0 Å². The van der Waals surface area contributed by atoms with Crippen LogP contribution in [0.1, 0.15) is 99.8 Å². The van der Waals surface area contributed by atoms with E-state index in [-0.39, 0.29) is 125 Å². The molecule has 0 saturated heterocycles. The summed E-state index contributed by atoms with van der Waals surface area (Å²) in [5, 5.41) is 70.6. The summed E-state index contributed by atoms with van der Waals surface area (Å²) in [6.45, 7) is 15.2. The van der Waals surface area contributed by atoms with Gasteiger partial charge in [-0.1, -0.05) is 54.9 Å². The lowest BCUT2D eigenvalue weighted by molar-refractivity contribution is -0.131. The maximum Gasteiger partial charge on any atom is 0.104 e. The maximum atomic E-state index is 10.7. The first-order valence-corrected chi connectivity index (χ1v) is 23.1. The third-order valence-electron chi connectivity index (χ3n) is 9.71. The van der Waals surface area contributed by atoms with E-state index in [0.717, 1.165) is 6.42 Å². The van der Waals surface area contributed by atoms with Gasteiger partial charge in [0.1, 0.15) is 30.5 Å². The summed E-state index contributed by atoms with van der Waals surface area (Å²) in [4.78, 5) is 0. The highest BCUT2D eigenvalue weighted by molar-refractivity contribution is 4.67. The van der Waals surface area contributed by atoms with E-state index in [9.17, 15) is 35.7 Å². The van der Waals surface area contributed by atoms with E-state index >= 15 is 0 Å². The molecule has 0 bridgehead atoms. The second kappa shape index (κ2) is 41.7. The Morgan fingerprint density at radius 1 is 0.242 bits per heavy atom. The van der Waals surface area contributed by atoms with Gasteiger partial charge >= 0.3 is 0 Å². The van der Waals surface area contributed by atoms with E-state index < -0.39 is 61.0 Å². The van der Waals surface area contributed by atoms with Gasteiger partial charge in [-0.25, -0.2) is 0 Å². The van der Waals surface area contributed by atoms with Crippen LogP contribution in [0.25, 0.3) is 0 Å². The molecule has 0 saturated carbocycles. The molecule has 18 nitrogen and oxygen atoms in total. The molecule has 12 unspecified atom stereocenters. The molecule has 0 aliphatic heterocycles. The SMILES string of the molecule is CCCC(O)COC(CC)COC(COCC(CC)OCC(O)COCC(COCC(O)CC)OCC(O)COCC(O)CC)COCC(COCC(O)CC)OCC(O)CC. The molecule has 0 fully saturated rings. The second-order valence-corrected chi connectivity index (χ2v) is 15.8. The normalized spacial score (nSPS) is 18.1. The zero-order valence-electron chi connectivity index (χ0n) is 39.2. The van der Waals surface area contributed by atoms with Crippen LogP contribution in [0, 0.1) is 0 Å². The van der Waals surface area contributed by atoms with Gasteiger partial charge < -0.3 is 87.9 Å². The number of aliphatic hydroxyl groups is 7. The summed E-state index contributed by atoms with van der Waals surface area (Å²) >= 11 is 0. The molecule has 7 N–H and O–H groups in total. The first-order chi connectivity index (χ1) is 29.8. The van der Waals surface area contributed by atoms with Crippen molar-refractivity contribution in [3.8, 4) is 0 Å². The van der Waals surface area contributed by atoms with Gasteiger partial charge in [-0.15, -0.1) is 0 Å². The smallest absolute Gasteiger partial charge is 0.104 e. The topological polar surface area (TPSA) is 243 Å². The van der Waals surface area contributed by atoms with Gasteiger partial charge in [-0.05, 0) is 44.9 Å². The van der Waals surface area contributed by atoms with E-state index in [1.165, 1.54) is 0 Å². The Balaban J connectivity index is 5.22. The molecule has 0 aromatic heterocycles. The van der Waals surface area contributed by atoms with Crippen LogP contribution in [-0.2, 0) is 52.1 Å². The van der Waals surface area contributed by atoms with Crippen LogP contribution in [0.15, 0.2) is 0 Å². The van der Waals surface area contributed by atoms with E-state index in [1.54, 1.807) is 0 Å². The Morgan fingerprint density at radius 2 is 0.484 bits per heavy atom. The first kappa shape index (κ1) is 61.3. The number of ether oxygens (including phenoxy) is 11. The summed E-state index contributed by atoms with van der Waals surface area (Å²) in [5.74, 6) is 0. The minimum absolute atomic E-state index is 0.0112. The molecule has 0 radical (unpaired) electrons. The van der Waals surface area contributed by atoms with Crippen LogP contribution in [0.5, 0.6) is 0 Å². The number of aliphatic hydroxyl groups excluding tert-OH is 7. The molecule has 0 aromatic carbocycles. The summed E-state index contributed by atoms with van der Waals surface area (Å²) in [7, 11) is 0. The van der Waals surface area contributed by atoms with Crippen molar-refractivity contribution in [3.05, 3.63) is 0 Å². The summed E-state index contributed by atoms with van der Waals surface area (Å²) < 4.78 is 64.2. The first-order valence-electron chi connectivity index (χ1n) is 23.1. The van der Waals surface area contributed by atoms with Crippen molar-refractivity contribution >= 4 is 0 Å². The zero-order valence-corrected chi connectivity index (χ0v) is 39.2. The third-order valence-corrected chi connectivity index (χ3v) is 9.71. The van der Waals surface area contributed by atoms with Crippen molar-refractivity contribution < 1.29 is 87.9 Å². The molecule has 0 aliphatic carbocycles. The van der Waals surface area contributed by atoms with Gasteiger partial charge in [0.15, 0.2) is 0 Å². The Labute approximate surface area is 372 Å². The zero-order chi connectivity index (χ0) is 46.4. The molecule has 0 aliphatic rings. The predicted octanol–water partition coefficient (Wildman–Crippen LogP) is 1.80. The van der Waals surface area contributed by atoms with Crippen molar-refractivity contribution in [1.82, 2.24) is 0 Å². The quantitative estimate of drug-likeness (QED) is 0.0461. The van der Waals surface area contributed by atoms with Crippen molar-refractivity contribution in [2.75, 3.05) is 112 Å². The van der Waals surface area contributed by atoms with Crippen molar-refractivity contribution in [3.63, 3.8) is 0 Å². The highest BCUT2D eigenvalue weighted by Crippen LogP contribution is 2.10. The van der Waals surface area contributed by atoms with Gasteiger partial charge in [-0.2, -0.15) is 0 Å². The van der Waals surface area contributed by atoms with Crippen LogP contribution < -0.4 is 0 Å². The fourth-order valence-electron chi connectivity index (χ4n) is 5.23. The predicted molar refractivity (Wildman–Crippen MR) is 232 cm³/mol. The summed E-state index contributed by atoms with van der Waals surface area (Å²) in [6.07, 6.45) is -2.06. The fraction of sp³-hybridized carbons (Fsp3) is 1.00. The Hall–Kier alpha value is -0.720. The van der Waals surface area contributed by atoms with Crippen molar-refractivity contribution in [2.45, 2.75) is 173 Å². The second-order valence-electron chi connectivity index (χ2n) is 15.8. The lowest BCUT2D eigenvalue weighted by Gasteiger charge is -2.25. The van der Waals surface area contributed by atoms with Crippen molar-refractivity contribution in [2.24, 2.45) is 0 Å². The third kappa shape index (κ3) is 35.5. The van der Waals surface area contributed by atoms with E-state index in [0.29, 0.717) is 44.9 Å². The van der Waals surface area contributed by atoms with Crippen LogP contribution in [0.3, 0.4) is 0 Å². The van der Waals surface area contributed by atoms with Gasteiger partial charge in [0.05, 0.1) is 155 Å². The monoisotopic (exact) mass is 907 g/mol. The van der Waals surface area contributed by atoms with Gasteiger partial charge in [0.25, 0.3) is 0 Å². The Morgan fingerprint density at radius 3 is 0.839 bits per heavy atom. The average molecular weight is 907 g/mol. The molecule has 18 heteroatoms. The van der Waals surface area contributed by atoms with Crippen LogP contribution >= 0.6 is 0 Å². The van der Waals surface area contributed by atoms with Crippen LogP contribution in [0.4, 0.5) is 0 Å². The molecule has 0 amide bonds. The lowest BCUT2D eigenvalue weighted by Crippen LogP contribution is -2.36. The minimum Gasteiger partial charge on any atom is -0.391 e. The van der Waals surface area contributed by atoms with E-state index in [4.69, 9.17) is 52.1 Å². The molecule has 0 heterocycles. The van der Waals surface area contributed by atoms with Gasteiger partial charge in [0, 0.05) is 0 Å². The molecule has 62 heavy (non-hydrogen) atoms. The number of hydrogen-bond acceptors (Lipinski definition) is 18. The van der Waals surface area contributed by atoms with Crippen LogP contribution in [-0.4, -0.2) is 221 Å². The van der Waals surface area contributed by atoms with Crippen molar-refractivity contribution in [1.29, 1.82) is 0 Å². The largest absolute Gasteiger partial charge is 0.391 e. The minimum atomic E-state index is -0.953. The highest BCUT2D eigenvalue weighted by atomic mass is 16.6. The number of rotatable bonds is 47. The number of hydrogen-bond donors (Lipinski definition) is 7. The molecule has 374 valence electrons. The van der Waals surface area contributed by atoms with E-state index in [2.05, 4.69) is 0 Å². The standard InChI is InChI=1S/C44H90O18/c1-8-15-37(49)22-58-41(14-7)32-62-44(31-57-29-43(60-21-36(48)12-5)27-54-18-35(47)11-4)30-56-25-40(13-6)59-23-39(51)20-55-28-42(26-53-17-34(46)10-3)61-24-38(50)19-52-16-33(45)9-2/h33-51H,8-32H2,1-7H3. The molecule has 0 spiro atoms. The Bertz CT molecular complexity index is 942. The van der Waals surface area contributed by atoms with Gasteiger partial charge in [0.2, 0.25) is 0 Å². The molecule has 0 rings (SSSR count). The summed E-state index contributed by atoms with van der Waals surface area (Å²) in [5.41, 5.74) is 0. The molecular formula is C44H90O18. The fourth-order valence-corrected chi connectivity index (χ4v) is 5.23. The Kier molecular flexibility index (Phi) is 41.2. The summed E-state index contributed by atoms with van der Waals surface area (Å²) in [6, 6.07) is 0. The maximum absolute atomic E-state index is 10.7. The van der Waals surface area contributed by atoms with E-state index in [1.807, 2.05) is 48.5 Å². The molecule has 0 aromatic rings. The van der Waals surface area contributed by atoms with Gasteiger partial charge in [-0.3, -0.25) is 0 Å². The molecular weight excluding hydrogens is 816 g/mol. The molecule has 12 atom stereocenters. The lowest BCUT2D eigenvalue weighted by atomic mass is 10.2. The average Bonchev–Trinajstić information content (AvgIpc) is 3.27.